The minimum Gasteiger partial charge on any atom is -0.354 e. The van der Waals surface area contributed by atoms with Crippen molar-refractivity contribution in [3.63, 3.8) is 0 Å². The lowest BCUT2D eigenvalue weighted by molar-refractivity contribution is -0.122. The Morgan fingerprint density at radius 2 is 1.60 bits per heavy atom. The monoisotopic (exact) mass is 360 g/mol. The smallest absolute Gasteiger partial charge is 0.243 e. The van der Waals surface area contributed by atoms with E-state index in [4.69, 9.17) is 0 Å². The van der Waals surface area contributed by atoms with E-state index in [-0.39, 0.29) is 5.91 Å². The van der Waals surface area contributed by atoms with Crippen molar-refractivity contribution >= 4 is 21.6 Å². The molecule has 5 nitrogen and oxygen atoms in total. The van der Waals surface area contributed by atoms with Gasteiger partial charge >= 0.3 is 0 Å². The number of hydrogen-bond donors (Lipinski definition) is 1. The van der Waals surface area contributed by atoms with Crippen molar-refractivity contribution in [1.82, 2.24) is 5.32 Å². The summed E-state index contributed by atoms with van der Waals surface area (Å²) >= 11 is 0. The molecular weight excluding hydrogens is 336 g/mol. The average molecular weight is 360 g/mol. The largest absolute Gasteiger partial charge is 0.354 e. The Balaban J connectivity index is 2.10. The molecule has 1 N–H and O–H groups in total. The van der Waals surface area contributed by atoms with Crippen LogP contribution in [0.1, 0.15) is 18.9 Å². The van der Waals surface area contributed by atoms with Gasteiger partial charge in [-0.1, -0.05) is 55.5 Å². The minimum atomic E-state index is -3.58. The third-order valence-electron chi connectivity index (χ3n) is 3.90. The predicted octanol–water partition coefficient (Wildman–Crippen LogP) is 2.59. The zero-order valence-electron chi connectivity index (χ0n) is 14.6. The number of rotatable bonds is 8. The molecular formula is C19H24N2O3S. The van der Waals surface area contributed by atoms with Crippen molar-refractivity contribution in [3.8, 4) is 0 Å². The van der Waals surface area contributed by atoms with E-state index in [1.807, 2.05) is 43.3 Å². The van der Waals surface area contributed by atoms with Crippen molar-refractivity contribution in [2.24, 2.45) is 0 Å². The molecule has 0 aliphatic rings. The van der Waals surface area contributed by atoms with Crippen molar-refractivity contribution < 1.29 is 13.2 Å². The Morgan fingerprint density at radius 1 is 1.04 bits per heavy atom. The highest BCUT2D eigenvalue weighted by molar-refractivity contribution is 7.92. The third kappa shape index (κ3) is 5.32. The van der Waals surface area contributed by atoms with Gasteiger partial charge in [-0.15, -0.1) is 0 Å². The van der Waals surface area contributed by atoms with E-state index in [0.29, 0.717) is 25.1 Å². The van der Waals surface area contributed by atoms with Crippen molar-refractivity contribution in [3.05, 3.63) is 66.2 Å². The first-order chi connectivity index (χ1) is 11.9. The molecule has 134 valence electrons. The van der Waals surface area contributed by atoms with Crippen LogP contribution in [-0.2, 0) is 21.2 Å². The van der Waals surface area contributed by atoms with Crippen molar-refractivity contribution in [2.75, 3.05) is 17.1 Å². The summed E-state index contributed by atoms with van der Waals surface area (Å²) < 4.78 is 25.8. The molecule has 1 unspecified atom stereocenters. The molecule has 0 saturated heterocycles. The number of anilines is 1. The summed E-state index contributed by atoms with van der Waals surface area (Å²) in [6, 6.07) is 17.8. The molecule has 0 fully saturated rings. The molecule has 6 heteroatoms. The SMILES string of the molecule is CCC(C(=O)NCCc1ccccc1)N(c1ccccc1)S(C)(=O)=O. The summed E-state index contributed by atoms with van der Waals surface area (Å²) in [5.74, 6) is -0.285. The molecule has 0 radical (unpaired) electrons. The van der Waals surface area contributed by atoms with Crippen LogP contribution in [0.4, 0.5) is 5.69 Å². The van der Waals surface area contributed by atoms with Gasteiger partial charge < -0.3 is 5.32 Å². The summed E-state index contributed by atoms with van der Waals surface area (Å²) in [6.45, 7) is 2.27. The van der Waals surface area contributed by atoms with Gasteiger partial charge in [0.25, 0.3) is 0 Å². The maximum Gasteiger partial charge on any atom is 0.243 e. The fourth-order valence-electron chi connectivity index (χ4n) is 2.73. The van der Waals surface area contributed by atoms with Crippen LogP contribution in [0.15, 0.2) is 60.7 Å². The zero-order valence-corrected chi connectivity index (χ0v) is 15.4. The van der Waals surface area contributed by atoms with Gasteiger partial charge in [0.05, 0.1) is 11.9 Å². The number of sulfonamides is 1. The quantitative estimate of drug-likeness (QED) is 0.787. The summed E-state index contributed by atoms with van der Waals surface area (Å²) in [5.41, 5.74) is 1.62. The normalized spacial score (nSPS) is 12.4. The Labute approximate surface area is 149 Å². The summed E-state index contributed by atoms with van der Waals surface area (Å²) in [6.07, 6.45) is 2.21. The van der Waals surface area contributed by atoms with E-state index in [9.17, 15) is 13.2 Å². The molecule has 0 spiro atoms. The van der Waals surface area contributed by atoms with Crippen LogP contribution >= 0.6 is 0 Å². The molecule has 1 atom stereocenters. The van der Waals surface area contributed by atoms with Gasteiger partial charge in [0, 0.05) is 6.54 Å². The first kappa shape index (κ1) is 19.0. The number of nitrogens with zero attached hydrogens (tertiary/aromatic N) is 1. The first-order valence-electron chi connectivity index (χ1n) is 8.29. The van der Waals surface area contributed by atoms with Gasteiger partial charge in [-0.05, 0) is 30.5 Å². The third-order valence-corrected chi connectivity index (χ3v) is 5.08. The number of nitrogens with one attached hydrogen (secondary N) is 1. The zero-order chi connectivity index (χ0) is 18.3. The topological polar surface area (TPSA) is 66.5 Å². The van der Waals surface area contributed by atoms with E-state index in [0.717, 1.165) is 11.8 Å². The van der Waals surface area contributed by atoms with Crippen LogP contribution in [0.3, 0.4) is 0 Å². The van der Waals surface area contributed by atoms with Gasteiger partial charge in [0.1, 0.15) is 6.04 Å². The number of amides is 1. The second-order valence-corrected chi connectivity index (χ2v) is 7.70. The van der Waals surface area contributed by atoms with Gasteiger partial charge in [0.15, 0.2) is 0 Å². The van der Waals surface area contributed by atoms with Gasteiger partial charge in [-0.3, -0.25) is 9.10 Å². The maximum absolute atomic E-state index is 12.6. The van der Waals surface area contributed by atoms with Crippen LogP contribution in [0, 0.1) is 0 Å². The van der Waals surface area contributed by atoms with Crippen molar-refractivity contribution in [1.29, 1.82) is 0 Å². The number of carbonyl (C=O) groups is 1. The van der Waals surface area contributed by atoms with Gasteiger partial charge in [-0.25, -0.2) is 8.42 Å². The van der Waals surface area contributed by atoms with E-state index < -0.39 is 16.1 Å². The van der Waals surface area contributed by atoms with Crippen molar-refractivity contribution in [2.45, 2.75) is 25.8 Å². The lowest BCUT2D eigenvalue weighted by Crippen LogP contribution is -2.49. The van der Waals surface area contributed by atoms with Crippen LogP contribution in [0.25, 0.3) is 0 Å². The molecule has 25 heavy (non-hydrogen) atoms. The number of benzene rings is 2. The summed E-state index contributed by atoms with van der Waals surface area (Å²) in [5, 5.41) is 2.86. The molecule has 0 saturated carbocycles. The highest BCUT2D eigenvalue weighted by Crippen LogP contribution is 2.21. The molecule has 2 rings (SSSR count). The summed E-state index contributed by atoms with van der Waals surface area (Å²) in [7, 11) is -3.58. The lowest BCUT2D eigenvalue weighted by atomic mass is 10.1. The Kier molecular flexibility index (Phi) is 6.58. The van der Waals surface area contributed by atoms with E-state index in [1.165, 1.54) is 4.31 Å². The Hall–Kier alpha value is -2.34. The minimum absolute atomic E-state index is 0.285. The van der Waals surface area contributed by atoms with E-state index in [1.54, 1.807) is 24.3 Å². The molecule has 1 amide bonds. The second kappa shape index (κ2) is 8.67. The van der Waals surface area contributed by atoms with Crippen LogP contribution in [0.2, 0.25) is 0 Å². The highest BCUT2D eigenvalue weighted by atomic mass is 32.2. The van der Waals surface area contributed by atoms with E-state index in [2.05, 4.69) is 5.32 Å². The van der Waals surface area contributed by atoms with Gasteiger partial charge in [0.2, 0.25) is 15.9 Å². The molecule has 0 heterocycles. The fraction of sp³-hybridized carbons (Fsp3) is 0.316. The predicted molar refractivity (Wildman–Crippen MR) is 101 cm³/mol. The highest BCUT2D eigenvalue weighted by Gasteiger charge is 2.31. The molecule has 0 aromatic heterocycles. The Bertz CT molecular complexity index is 777. The molecule has 2 aromatic carbocycles. The standard InChI is InChI=1S/C19H24N2O3S/c1-3-18(19(22)20-15-14-16-10-6-4-7-11-16)21(25(2,23)24)17-12-8-5-9-13-17/h4-13,18H,3,14-15H2,1-2H3,(H,20,22). The number of hydrogen-bond acceptors (Lipinski definition) is 3. The number of carbonyl (C=O) groups excluding carboxylic acids is 1. The lowest BCUT2D eigenvalue weighted by Gasteiger charge is -2.30. The molecule has 0 aliphatic heterocycles. The Morgan fingerprint density at radius 3 is 2.12 bits per heavy atom. The summed E-state index contributed by atoms with van der Waals surface area (Å²) in [4.78, 5) is 12.6. The average Bonchev–Trinajstić information content (AvgIpc) is 2.60. The number of para-hydroxylation sites is 1. The maximum atomic E-state index is 12.6. The van der Waals surface area contributed by atoms with Gasteiger partial charge in [-0.2, -0.15) is 0 Å². The van der Waals surface area contributed by atoms with Crippen LogP contribution in [0.5, 0.6) is 0 Å². The fourth-order valence-corrected chi connectivity index (χ4v) is 3.94. The first-order valence-corrected chi connectivity index (χ1v) is 10.1. The molecule has 0 aliphatic carbocycles. The second-order valence-electron chi connectivity index (χ2n) is 5.85. The van der Waals surface area contributed by atoms with E-state index >= 15 is 0 Å². The molecule has 2 aromatic rings. The molecule has 0 bridgehead atoms. The van der Waals surface area contributed by atoms with Crippen LogP contribution < -0.4 is 9.62 Å². The van der Waals surface area contributed by atoms with Crippen LogP contribution in [-0.4, -0.2) is 33.2 Å².